The molecule has 0 bridgehead atoms. The Bertz CT molecular complexity index is 832. The van der Waals surface area contributed by atoms with E-state index in [1.165, 1.54) is 0 Å². The van der Waals surface area contributed by atoms with Crippen molar-refractivity contribution in [2.24, 2.45) is 11.8 Å². The molecule has 2 aliphatic rings. The van der Waals surface area contributed by atoms with Crippen molar-refractivity contribution in [3.05, 3.63) is 23.8 Å². The molecule has 3 rings (SSSR count). The van der Waals surface area contributed by atoms with Gasteiger partial charge in [0.25, 0.3) is 5.91 Å². The van der Waals surface area contributed by atoms with Crippen molar-refractivity contribution in [1.82, 2.24) is 15.1 Å². The highest BCUT2D eigenvalue weighted by molar-refractivity contribution is 5.95. The molecule has 0 unspecified atom stereocenters. The fourth-order valence-corrected chi connectivity index (χ4v) is 4.92. The Balaban J connectivity index is 1.46. The third kappa shape index (κ3) is 6.21. The van der Waals surface area contributed by atoms with Crippen LogP contribution in [0, 0.1) is 11.8 Å². The minimum absolute atomic E-state index is 0.0694. The van der Waals surface area contributed by atoms with Crippen LogP contribution in [0.1, 0.15) is 62.7 Å². The fourth-order valence-electron chi connectivity index (χ4n) is 4.92. The number of hydrogen-bond donors (Lipinski definition) is 1. The number of rotatable bonds is 8. The van der Waals surface area contributed by atoms with Crippen LogP contribution < -0.4 is 14.8 Å². The van der Waals surface area contributed by atoms with Crippen LogP contribution in [0.4, 0.5) is 0 Å². The lowest BCUT2D eigenvalue weighted by molar-refractivity contribution is -0.137. The molecule has 0 saturated carbocycles. The quantitative estimate of drug-likeness (QED) is 0.627. The summed E-state index contributed by atoms with van der Waals surface area (Å²) in [7, 11) is 3.11. The molecule has 0 atom stereocenters. The normalized spacial score (nSPS) is 17.6. The summed E-state index contributed by atoms with van der Waals surface area (Å²) in [5.74, 6) is 1.41. The highest BCUT2D eigenvalue weighted by atomic mass is 16.5. The number of likely N-dealkylation sites (tertiary alicyclic amines) is 2. The Morgan fingerprint density at radius 2 is 1.41 bits per heavy atom. The molecule has 0 aromatic heterocycles. The van der Waals surface area contributed by atoms with Crippen molar-refractivity contribution in [2.45, 2.75) is 58.4 Å². The van der Waals surface area contributed by atoms with Crippen LogP contribution in [-0.2, 0) is 9.59 Å². The van der Waals surface area contributed by atoms with Gasteiger partial charge >= 0.3 is 0 Å². The predicted octanol–water partition coefficient (Wildman–Crippen LogP) is 3.10. The second-order valence-corrected chi connectivity index (χ2v) is 9.29. The number of benzene rings is 1. The second kappa shape index (κ2) is 12.1. The highest BCUT2D eigenvalue weighted by Crippen LogP contribution is 2.26. The number of nitrogens with one attached hydrogen (secondary N) is 1. The van der Waals surface area contributed by atoms with Gasteiger partial charge in [0.05, 0.1) is 14.2 Å². The molecular formula is C26H39N3O5. The minimum atomic E-state index is -0.0897. The standard InChI is InChI=1S/C26H39N3O5/c1-5-18(6-2)25(31)29-13-9-21(10-14-29)27-24(30)19-7-11-28(12-8-19)26(32)20-15-22(33-3)17-23(16-20)34-4/h15-19,21H,5-14H2,1-4H3,(H,27,30). The Morgan fingerprint density at radius 3 is 1.91 bits per heavy atom. The smallest absolute Gasteiger partial charge is 0.254 e. The molecule has 0 radical (unpaired) electrons. The van der Waals surface area contributed by atoms with Crippen LogP contribution >= 0.6 is 0 Å². The summed E-state index contributed by atoms with van der Waals surface area (Å²) in [6.07, 6.45) is 4.63. The summed E-state index contributed by atoms with van der Waals surface area (Å²) in [6, 6.07) is 5.27. The fraction of sp³-hybridized carbons (Fsp3) is 0.654. The van der Waals surface area contributed by atoms with Crippen LogP contribution in [0.25, 0.3) is 0 Å². The van der Waals surface area contributed by atoms with E-state index in [0.29, 0.717) is 56.1 Å². The summed E-state index contributed by atoms with van der Waals surface area (Å²) in [6.45, 7) is 6.61. The first-order chi connectivity index (χ1) is 16.4. The van der Waals surface area contributed by atoms with Crippen molar-refractivity contribution in [2.75, 3.05) is 40.4 Å². The van der Waals surface area contributed by atoms with Gasteiger partial charge in [-0.3, -0.25) is 14.4 Å². The Labute approximate surface area is 202 Å². The molecule has 188 valence electrons. The van der Waals surface area contributed by atoms with Crippen molar-refractivity contribution < 1.29 is 23.9 Å². The molecule has 1 N–H and O–H groups in total. The highest BCUT2D eigenvalue weighted by Gasteiger charge is 2.31. The molecule has 8 nitrogen and oxygen atoms in total. The molecule has 34 heavy (non-hydrogen) atoms. The molecule has 2 aliphatic heterocycles. The molecule has 1 aromatic rings. The lowest BCUT2D eigenvalue weighted by Crippen LogP contribution is -2.50. The minimum Gasteiger partial charge on any atom is -0.497 e. The van der Waals surface area contributed by atoms with Crippen LogP contribution in [0.5, 0.6) is 11.5 Å². The second-order valence-electron chi connectivity index (χ2n) is 9.29. The first-order valence-corrected chi connectivity index (χ1v) is 12.5. The maximum Gasteiger partial charge on any atom is 0.254 e. The van der Waals surface area contributed by atoms with Crippen LogP contribution in [0.2, 0.25) is 0 Å². The number of carbonyl (C=O) groups is 3. The van der Waals surface area contributed by atoms with Gasteiger partial charge in [-0.05, 0) is 50.7 Å². The van der Waals surface area contributed by atoms with Gasteiger partial charge in [0, 0.05) is 55.7 Å². The molecular weight excluding hydrogens is 434 g/mol. The molecule has 1 aromatic carbocycles. The summed E-state index contributed by atoms with van der Waals surface area (Å²) in [5.41, 5.74) is 0.522. The van der Waals surface area contributed by atoms with E-state index in [-0.39, 0.29) is 35.6 Å². The van der Waals surface area contributed by atoms with E-state index in [2.05, 4.69) is 19.2 Å². The summed E-state index contributed by atoms with van der Waals surface area (Å²) in [4.78, 5) is 42.2. The number of carbonyl (C=O) groups excluding carboxylic acids is 3. The van der Waals surface area contributed by atoms with Crippen molar-refractivity contribution in [3.8, 4) is 11.5 Å². The van der Waals surface area contributed by atoms with Gasteiger partial charge < -0.3 is 24.6 Å². The van der Waals surface area contributed by atoms with Crippen molar-refractivity contribution in [1.29, 1.82) is 0 Å². The van der Waals surface area contributed by atoms with E-state index in [0.717, 1.165) is 25.7 Å². The number of hydrogen-bond acceptors (Lipinski definition) is 5. The lowest BCUT2D eigenvalue weighted by atomic mass is 9.94. The van der Waals surface area contributed by atoms with Gasteiger partial charge in [0.2, 0.25) is 11.8 Å². The third-order valence-corrected chi connectivity index (χ3v) is 7.24. The first-order valence-electron chi connectivity index (χ1n) is 12.5. The monoisotopic (exact) mass is 473 g/mol. The van der Waals surface area contributed by atoms with E-state index in [1.54, 1.807) is 37.3 Å². The number of amides is 3. The maximum atomic E-state index is 13.0. The van der Waals surface area contributed by atoms with Gasteiger partial charge in [-0.25, -0.2) is 0 Å². The van der Waals surface area contributed by atoms with Crippen LogP contribution in [0.15, 0.2) is 18.2 Å². The maximum absolute atomic E-state index is 13.0. The molecule has 0 aliphatic carbocycles. The number of methoxy groups -OCH3 is 2. The summed E-state index contributed by atoms with van der Waals surface area (Å²) < 4.78 is 10.5. The molecule has 0 spiro atoms. The predicted molar refractivity (Wildman–Crippen MR) is 130 cm³/mol. The third-order valence-electron chi connectivity index (χ3n) is 7.24. The average molecular weight is 474 g/mol. The van der Waals surface area contributed by atoms with E-state index < -0.39 is 0 Å². The molecule has 2 fully saturated rings. The van der Waals surface area contributed by atoms with Gasteiger partial charge in [0.15, 0.2) is 0 Å². The lowest BCUT2D eigenvalue weighted by Gasteiger charge is -2.36. The zero-order valence-corrected chi connectivity index (χ0v) is 21.0. The van der Waals surface area contributed by atoms with Crippen molar-refractivity contribution in [3.63, 3.8) is 0 Å². The van der Waals surface area contributed by atoms with E-state index in [4.69, 9.17) is 9.47 Å². The zero-order valence-electron chi connectivity index (χ0n) is 21.0. The van der Waals surface area contributed by atoms with Gasteiger partial charge in [0.1, 0.15) is 11.5 Å². The average Bonchev–Trinajstić information content (AvgIpc) is 2.89. The summed E-state index contributed by atoms with van der Waals surface area (Å²) >= 11 is 0. The number of piperidine rings is 2. The first kappa shape index (κ1) is 25.8. The number of ether oxygens (including phenoxy) is 2. The van der Waals surface area contributed by atoms with E-state index in [1.807, 2.05) is 4.90 Å². The van der Waals surface area contributed by atoms with Gasteiger partial charge in [-0.1, -0.05) is 13.8 Å². The van der Waals surface area contributed by atoms with Crippen molar-refractivity contribution >= 4 is 17.7 Å². The molecule has 8 heteroatoms. The van der Waals surface area contributed by atoms with E-state index in [9.17, 15) is 14.4 Å². The molecule has 2 saturated heterocycles. The Morgan fingerprint density at radius 1 is 0.882 bits per heavy atom. The molecule has 2 heterocycles. The van der Waals surface area contributed by atoms with Crippen LogP contribution in [0.3, 0.4) is 0 Å². The van der Waals surface area contributed by atoms with E-state index >= 15 is 0 Å². The van der Waals surface area contributed by atoms with Crippen LogP contribution in [-0.4, -0.2) is 74.0 Å². The number of nitrogens with zero attached hydrogens (tertiary/aromatic N) is 2. The summed E-state index contributed by atoms with van der Waals surface area (Å²) in [5, 5.41) is 3.20. The largest absolute Gasteiger partial charge is 0.497 e. The Hall–Kier alpha value is -2.77. The zero-order chi connectivity index (χ0) is 24.7. The SMILES string of the molecule is CCC(CC)C(=O)N1CCC(NC(=O)C2CCN(C(=O)c3cc(OC)cc(OC)c3)CC2)CC1. The molecule has 3 amide bonds. The van der Waals surface area contributed by atoms with Gasteiger partial charge in [-0.15, -0.1) is 0 Å². The van der Waals surface area contributed by atoms with Gasteiger partial charge in [-0.2, -0.15) is 0 Å². The Kier molecular flexibility index (Phi) is 9.19. The topological polar surface area (TPSA) is 88.2 Å².